The molecule has 1 aliphatic carbocycles. The molecule has 0 spiro atoms. The number of halogens is 2. The van der Waals surface area contributed by atoms with Gasteiger partial charge in [-0.05, 0) is 55.9 Å². The molecule has 0 saturated heterocycles. The highest BCUT2D eigenvalue weighted by Crippen LogP contribution is 2.33. The molecule has 0 aromatic heterocycles. The second-order valence-electron chi connectivity index (χ2n) is 6.13. The van der Waals surface area contributed by atoms with Gasteiger partial charge < -0.3 is 4.74 Å². The van der Waals surface area contributed by atoms with E-state index in [0.29, 0.717) is 22.4 Å². The number of alkyl halides is 2. The molecule has 2 rings (SSSR count). The molecule has 0 N–H and O–H groups in total. The second kappa shape index (κ2) is 9.26. The molecule has 5 heteroatoms. The van der Waals surface area contributed by atoms with Gasteiger partial charge in [0.05, 0.1) is 5.92 Å². The Morgan fingerprint density at radius 2 is 1.87 bits per heavy atom. The van der Waals surface area contributed by atoms with E-state index in [-0.39, 0.29) is 11.9 Å². The fraction of sp³-hybridized carbons (Fsp3) is 0.611. The molecule has 1 aliphatic rings. The first-order valence-corrected chi connectivity index (χ1v) is 9.23. The number of carbonyl (C=O) groups excluding carboxylic acids is 1. The quantitative estimate of drug-likeness (QED) is 0.350. The van der Waals surface area contributed by atoms with Gasteiger partial charge in [0.2, 0.25) is 0 Å². The van der Waals surface area contributed by atoms with Crippen molar-refractivity contribution in [2.45, 2.75) is 62.5 Å². The normalized spacial score (nSPS) is 21.4. The van der Waals surface area contributed by atoms with Gasteiger partial charge in [0.25, 0.3) is 5.76 Å². The van der Waals surface area contributed by atoms with Crippen LogP contribution in [0.4, 0.5) is 8.78 Å². The Morgan fingerprint density at radius 3 is 2.43 bits per heavy atom. The molecule has 23 heavy (non-hydrogen) atoms. The van der Waals surface area contributed by atoms with E-state index in [1.807, 2.05) is 0 Å². The number of thioether (sulfide) groups is 1. The van der Waals surface area contributed by atoms with E-state index in [4.69, 9.17) is 4.74 Å². The third kappa shape index (κ3) is 6.13. The molecule has 1 saturated carbocycles. The molecule has 0 atom stereocenters. The lowest BCUT2D eigenvalue weighted by molar-refractivity contribution is -0.140. The Labute approximate surface area is 141 Å². The first kappa shape index (κ1) is 18.2. The van der Waals surface area contributed by atoms with Crippen LogP contribution in [-0.2, 0) is 4.79 Å². The summed E-state index contributed by atoms with van der Waals surface area (Å²) in [5.74, 6) is -1.46. The summed E-state index contributed by atoms with van der Waals surface area (Å²) in [6.45, 7) is 2.20. The molecule has 1 fully saturated rings. The van der Waals surface area contributed by atoms with E-state index < -0.39 is 5.76 Å². The van der Waals surface area contributed by atoms with Gasteiger partial charge in [-0.25, -0.2) is 0 Å². The van der Waals surface area contributed by atoms with Crippen LogP contribution in [0.15, 0.2) is 29.2 Å². The van der Waals surface area contributed by atoms with Crippen LogP contribution in [0.2, 0.25) is 0 Å². The molecule has 0 amide bonds. The van der Waals surface area contributed by atoms with Crippen molar-refractivity contribution in [3.8, 4) is 5.75 Å². The van der Waals surface area contributed by atoms with Crippen LogP contribution < -0.4 is 4.74 Å². The smallest absolute Gasteiger partial charge is 0.314 e. The maximum Gasteiger partial charge on any atom is 0.314 e. The Balaban J connectivity index is 1.78. The van der Waals surface area contributed by atoms with E-state index in [2.05, 4.69) is 6.92 Å². The van der Waals surface area contributed by atoms with E-state index in [1.54, 1.807) is 24.3 Å². The fourth-order valence-corrected chi connectivity index (χ4v) is 3.57. The zero-order chi connectivity index (χ0) is 16.7. The van der Waals surface area contributed by atoms with Crippen molar-refractivity contribution in [1.29, 1.82) is 0 Å². The topological polar surface area (TPSA) is 26.3 Å². The van der Waals surface area contributed by atoms with Crippen molar-refractivity contribution in [1.82, 2.24) is 0 Å². The highest BCUT2D eigenvalue weighted by molar-refractivity contribution is 7.99. The van der Waals surface area contributed by atoms with Gasteiger partial charge >= 0.3 is 5.97 Å². The van der Waals surface area contributed by atoms with Crippen molar-refractivity contribution < 1.29 is 18.3 Å². The molecular weight excluding hydrogens is 318 g/mol. The van der Waals surface area contributed by atoms with Crippen LogP contribution in [0.5, 0.6) is 5.75 Å². The molecule has 0 unspecified atom stereocenters. The number of unbranched alkanes of at least 4 members (excludes halogenated alkanes) is 1. The zero-order valence-electron chi connectivity index (χ0n) is 13.5. The van der Waals surface area contributed by atoms with Crippen LogP contribution in [-0.4, -0.2) is 11.7 Å². The minimum absolute atomic E-state index is 0.0250. The molecular formula is C18H24F2O2S. The predicted molar refractivity (Wildman–Crippen MR) is 88.9 cm³/mol. The van der Waals surface area contributed by atoms with Crippen molar-refractivity contribution in [3.63, 3.8) is 0 Å². The number of benzene rings is 1. The van der Waals surface area contributed by atoms with E-state index in [9.17, 15) is 13.6 Å². The summed E-state index contributed by atoms with van der Waals surface area (Å²) in [4.78, 5) is 12.7. The lowest BCUT2D eigenvalue weighted by Crippen LogP contribution is -2.25. The molecule has 0 aliphatic heterocycles. The molecule has 0 heterocycles. The van der Waals surface area contributed by atoms with Gasteiger partial charge in [0.1, 0.15) is 5.75 Å². The zero-order valence-corrected chi connectivity index (χ0v) is 14.3. The van der Waals surface area contributed by atoms with Crippen LogP contribution in [0, 0.1) is 11.8 Å². The van der Waals surface area contributed by atoms with Crippen LogP contribution >= 0.6 is 11.8 Å². The standard InChI is InChI=1S/C18H24F2O2S/c1-2-3-4-13-5-7-14(8-6-13)17(21)22-15-9-11-16(12-10-15)23-18(19)20/h9-14,18H,2-8H2,1H3/t13-,14-. The maximum absolute atomic E-state index is 12.3. The van der Waals surface area contributed by atoms with Gasteiger partial charge in [-0.15, -0.1) is 0 Å². The molecule has 1 aromatic carbocycles. The number of carbonyl (C=O) groups is 1. The first-order chi connectivity index (χ1) is 11.1. The summed E-state index contributed by atoms with van der Waals surface area (Å²) >= 11 is 0.487. The van der Waals surface area contributed by atoms with Gasteiger partial charge in [0.15, 0.2) is 0 Å². The summed E-state index contributed by atoms with van der Waals surface area (Å²) in [6, 6.07) is 6.27. The lowest BCUT2D eigenvalue weighted by Gasteiger charge is -2.27. The largest absolute Gasteiger partial charge is 0.426 e. The summed E-state index contributed by atoms with van der Waals surface area (Å²) < 4.78 is 29.9. The Morgan fingerprint density at radius 1 is 1.22 bits per heavy atom. The summed E-state index contributed by atoms with van der Waals surface area (Å²) in [6.07, 6.45) is 7.75. The maximum atomic E-state index is 12.3. The molecule has 1 aromatic rings. The summed E-state index contributed by atoms with van der Waals surface area (Å²) in [7, 11) is 0. The van der Waals surface area contributed by atoms with Gasteiger partial charge in [-0.1, -0.05) is 37.9 Å². The van der Waals surface area contributed by atoms with Gasteiger partial charge in [0, 0.05) is 4.90 Å². The third-order valence-corrected chi connectivity index (χ3v) is 5.14. The van der Waals surface area contributed by atoms with E-state index in [0.717, 1.165) is 31.6 Å². The monoisotopic (exact) mass is 342 g/mol. The number of ether oxygens (including phenoxy) is 1. The number of hydrogen-bond acceptors (Lipinski definition) is 3. The Bertz CT molecular complexity index is 482. The number of rotatable bonds is 7. The SMILES string of the molecule is CCCC[C@H]1CC[C@H](C(=O)Oc2ccc(SC(F)F)cc2)CC1. The summed E-state index contributed by atoms with van der Waals surface area (Å²) in [5, 5.41) is 0. The molecule has 128 valence electrons. The number of hydrogen-bond donors (Lipinski definition) is 0. The van der Waals surface area contributed by atoms with Crippen LogP contribution in [0.3, 0.4) is 0 Å². The van der Waals surface area contributed by atoms with Crippen molar-refractivity contribution in [2.24, 2.45) is 11.8 Å². The minimum atomic E-state index is -2.44. The Hall–Kier alpha value is -1.10. The predicted octanol–water partition coefficient (Wildman–Crippen LogP) is 5.90. The van der Waals surface area contributed by atoms with Gasteiger partial charge in [-0.3, -0.25) is 4.79 Å². The van der Waals surface area contributed by atoms with Crippen molar-refractivity contribution in [3.05, 3.63) is 24.3 Å². The average molecular weight is 342 g/mol. The van der Waals surface area contributed by atoms with E-state index >= 15 is 0 Å². The fourth-order valence-electron chi connectivity index (χ4n) is 3.07. The minimum Gasteiger partial charge on any atom is -0.426 e. The molecule has 0 bridgehead atoms. The van der Waals surface area contributed by atoms with Crippen molar-refractivity contribution in [2.75, 3.05) is 0 Å². The van der Waals surface area contributed by atoms with Crippen LogP contribution in [0.25, 0.3) is 0 Å². The third-order valence-electron chi connectivity index (χ3n) is 4.41. The summed E-state index contributed by atoms with van der Waals surface area (Å²) in [5.41, 5.74) is 0. The van der Waals surface area contributed by atoms with Gasteiger partial charge in [-0.2, -0.15) is 8.78 Å². The number of esters is 1. The Kier molecular flexibility index (Phi) is 7.34. The second-order valence-corrected chi connectivity index (χ2v) is 7.19. The lowest BCUT2D eigenvalue weighted by atomic mass is 9.80. The van der Waals surface area contributed by atoms with Crippen LogP contribution in [0.1, 0.15) is 51.9 Å². The highest BCUT2D eigenvalue weighted by atomic mass is 32.2. The highest BCUT2D eigenvalue weighted by Gasteiger charge is 2.27. The average Bonchev–Trinajstić information content (AvgIpc) is 2.54. The van der Waals surface area contributed by atoms with E-state index in [1.165, 1.54) is 19.3 Å². The molecule has 0 radical (unpaired) electrons. The first-order valence-electron chi connectivity index (χ1n) is 8.35. The van der Waals surface area contributed by atoms with Crippen molar-refractivity contribution >= 4 is 17.7 Å². The molecule has 2 nitrogen and oxygen atoms in total.